The van der Waals surface area contributed by atoms with Gasteiger partial charge in [-0.2, -0.15) is 0 Å². The minimum atomic E-state index is -4.29. The van der Waals surface area contributed by atoms with Gasteiger partial charge in [-0.25, -0.2) is 4.57 Å². The summed E-state index contributed by atoms with van der Waals surface area (Å²) in [4.78, 5) is 22.5. The lowest BCUT2D eigenvalue weighted by Crippen LogP contribution is -2.28. The van der Waals surface area contributed by atoms with Crippen molar-refractivity contribution in [2.75, 3.05) is 33.0 Å². The second-order valence-corrected chi connectivity index (χ2v) is 16.4. The summed E-state index contributed by atoms with van der Waals surface area (Å²) in [6.45, 7) is 4.84. The molecule has 0 saturated heterocycles. The molecule has 0 spiro atoms. The Bertz CT molecular complexity index is 1040. The predicted octanol–water partition coefficient (Wildman–Crippen LogP) is 13.8. The van der Waals surface area contributed by atoms with Crippen LogP contribution in [0.15, 0.2) is 60.8 Å². The molecule has 0 aliphatic carbocycles. The minimum Gasteiger partial charge on any atom is -0.457 e. The fourth-order valence-corrected chi connectivity index (χ4v) is 6.80. The van der Waals surface area contributed by atoms with E-state index < -0.39 is 13.9 Å². The van der Waals surface area contributed by atoms with Crippen LogP contribution >= 0.6 is 7.82 Å². The number of ether oxygens (including phenoxy) is 2. The van der Waals surface area contributed by atoms with Crippen molar-refractivity contribution in [1.29, 1.82) is 0 Å². The predicted molar refractivity (Wildman–Crippen MR) is 238 cm³/mol. The summed E-state index contributed by atoms with van der Waals surface area (Å²) in [6.07, 6.45) is 53.8. The summed E-state index contributed by atoms with van der Waals surface area (Å²) in [5, 5.41) is 0. The van der Waals surface area contributed by atoms with E-state index in [0.29, 0.717) is 13.0 Å². The van der Waals surface area contributed by atoms with Crippen molar-refractivity contribution in [2.45, 2.75) is 200 Å². The second kappa shape index (κ2) is 44.3. The monoisotopic (exact) mass is 808 g/mol. The zero-order chi connectivity index (χ0) is 40.9. The van der Waals surface area contributed by atoms with Gasteiger partial charge in [0.15, 0.2) is 0 Å². The third kappa shape index (κ3) is 43.3. The lowest BCUT2D eigenvalue weighted by atomic mass is 10.1. The van der Waals surface area contributed by atoms with E-state index in [1.54, 1.807) is 0 Å². The molecular formula is C47H86NO7P. The normalized spacial score (nSPS) is 14.0. The number of nitrogens with two attached hydrogens (primary N) is 1. The second-order valence-electron chi connectivity index (χ2n) is 14.9. The first-order chi connectivity index (χ1) is 27.4. The molecule has 2 atom stereocenters. The molecule has 9 heteroatoms. The molecule has 8 nitrogen and oxygen atoms in total. The Morgan fingerprint density at radius 1 is 0.536 bits per heavy atom. The molecule has 0 aliphatic rings. The molecule has 0 rings (SSSR count). The van der Waals surface area contributed by atoms with Gasteiger partial charge in [-0.05, 0) is 83.5 Å². The average Bonchev–Trinajstić information content (AvgIpc) is 3.19. The highest BCUT2D eigenvalue weighted by atomic mass is 31.2. The Kier molecular flexibility index (Phi) is 42.9. The molecule has 0 heterocycles. The van der Waals surface area contributed by atoms with Crippen LogP contribution in [0.4, 0.5) is 0 Å². The molecule has 56 heavy (non-hydrogen) atoms. The molecular weight excluding hydrogens is 721 g/mol. The first kappa shape index (κ1) is 54.2. The van der Waals surface area contributed by atoms with E-state index in [2.05, 4.69) is 74.6 Å². The molecule has 0 radical (unpaired) electrons. The van der Waals surface area contributed by atoms with Crippen LogP contribution in [0.1, 0.15) is 194 Å². The van der Waals surface area contributed by atoms with Crippen molar-refractivity contribution in [3.8, 4) is 0 Å². The molecule has 0 bridgehead atoms. The summed E-state index contributed by atoms with van der Waals surface area (Å²) in [7, 11) is -4.29. The van der Waals surface area contributed by atoms with Gasteiger partial charge in [-0.3, -0.25) is 13.8 Å². The van der Waals surface area contributed by atoms with Crippen molar-refractivity contribution >= 4 is 13.8 Å². The first-order valence-electron chi connectivity index (χ1n) is 22.8. The van der Waals surface area contributed by atoms with Crippen molar-refractivity contribution < 1.29 is 32.8 Å². The fourth-order valence-electron chi connectivity index (χ4n) is 6.03. The van der Waals surface area contributed by atoms with Crippen LogP contribution in [-0.2, 0) is 27.9 Å². The molecule has 2 unspecified atom stereocenters. The summed E-state index contributed by atoms with van der Waals surface area (Å²) >= 11 is 0. The molecule has 326 valence electrons. The number of carbonyl (C=O) groups is 1. The summed E-state index contributed by atoms with van der Waals surface area (Å²) in [5.41, 5.74) is 5.37. The van der Waals surface area contributed by atoms with Crippen LogP contribution in [0.5, 0.6) is 0 Å². The van der Waals surface area contributed by atoms with E-state index in [0.717, 1.165) is 77.0 Å². The highest BCUT2D eigenvalue weighted by Gasteiger charge is 2.25. The van der Waals surface area contributed by atoms with E-state index in [1.165, 1.54) is 96.3 Å². The Morgan fingerprint density at radius 2 is 0.946 bits per heavy atom. The fraction of sp³-hybridized carbons (Fsp3) is 0.766. The van der Waals surface area contributed by atoms with Gasteiger partial charge < -0.3 is 20.1 Å². The molecule has 0 saturated carbocycles. The molecule has 0 aromatic carbocycles. The molecule has 0 amide bonds. The topological polar surface area (TPSA) is 117 Å². The average molecular weight is 808 g/mol. The van der Waals surface area contributed by atoms with Gasteiger partial charge in [0, 0.05) is 19.6 Å². The number of unbranched alkanes of at least 4 members (excludes halogenated alkanes) is 20. The van der Waals surface area contributed by atoms with Crippen LogP contribution in [0.25, 0.3) is 0 Å². The van der Waals surface area contributed by atoms with Gasteiger partial charge >= 0.3 is 13.8 Å². The zero-order valence-electron chi connectivity index (χ0n) is 36.1. The van der Waals surface area contributed by atoms with Gasteiger partial charge in [0.2, 0.25) is 0 Å². The summed E-state index contributed by atoms with van der Waals surface area (Å²) < 4.78 is 33.4. The molecule has 0 aromatic heterocycles. The molecule has 0 fully saturated rings. The zero-order valence-corrected chi connectivity index (χ0v) is 37.0. The largest absolute Gasteiger partial charge is 0.472 e. The maximum Gasteiger partial charge on any atom is 0.472 e. The smallest absolute Gasteiger partial charge is 0.457 e. The van der Waals surface area contributed by atoms with Gasteiger partial charge in [0.25, 0.3) is 0 Å². The van der Waals surface area contributed by atoms with Crippen molar-refractivity contribution in [1.82, 2.24) is 0 Å². The van der Waals surface area contributed by atoms with Crippen molar-refractivity contribution in [3.05, 3.63) is 60.8 Å². The number of allylic oxidation sites excluding steroid dienone is 10. The number of esters is 1. The lowest BCUT2D eigenvalue weighted by molar-refractivity contribution is -0.154. The van der Waals surface area contributed by atoms with Crippen LogP contribution in [0.3, 0.4) is 0 Å². The van der Waals surface area contributed by atoms with E-state index in [1.807, 2.05) is 0 Å². The van der Waals surface area contributed by atoms with Gasteiger partial charge in [-0.15, -0.1) is 0 Å². The Morgan fingerprint density at radius 3 is 1.45 bits per heavy atom. The van der Waals surface area contributed by atoms with Gasteiger partial charge in [0.1, 0.15) is 6.10 Å². The number of hydrogen-bond acceptors (Lipinski definition) is 7. The third-order valence-electron chi connectivity index (χ3n) is 9.41. The molecule has 0 aliphatic heterocycles. The van der Waals surface area contributed by atoms with Gasteiger partial charge in [0.05, 0.1) is 19.8 Å². The summed E-state index contributed by atoms with van der Waals surface area (Å²) in [6, 6.07) is 0. The SMILES string of the molecule is CCCCC/C=C\C/C=C\CCCCCCCCOCC(COP(=O)(O)OCCN)OC(=O)CCCCCCCC/C=C\C/C=C\C/C=C\CCCCCCC. The number of carbonyl (C=O) groups excluding carboxylic acids is 1. The van der Waals surface area contributed by atoms with Gasteiger partial charge in [-0.1, -0.05) is 164 Å². The number of phosphoric acid groups is 1. The number of hydrogen-bond donors (Lipinski definition) is 2. The lowest BCUT2D eigenvalue weighted by Gasteiger charge is -2.20. The molecule has 0 aromatic rings. The van der Waals surface area contributed by atoms with Crippen molar-refractivity contribution in [2.24, 2.45) is 5.73 Å². The third-order valence-corrected chi connectivity index (χ3v) is 10.4. The van der Waals surface area contributed by atoms with E-state index >= 15 is 0 Å². The van der Waals surface area contributed by atoms with Crippen LogP contribution in [0.2, 0.25) is 0 Å². The minimum absolute atomic E-state index is 0.0936. The highest BCUT2D eigenvalue weighted by Crippen LogP contribution is 2.43. The quantitative estimate of drug-likeness (QED) is 0.0271. The summed E-state index contributed by atoms with van der Waals surface area (Å²) in [5.74, 6) is -0.348. The maximum atomic E-state index is 12.6. The Labute approximate surface area is 344 Å². The number of phosphoric ester groups is 1. The van der Waals surface area contributed by atoms with Crippen molar-refractivity contribution in [3.63, 3.8) is 0 Å². The Balaban J connectivity index is 4.07. The maximum absolute atomic E-state index is 12.6. The number of rotatable bonds is 43. The highest BCUT2D eigenvalue weighted by molar-refractivity contribution is 7.47. The van der Waals surface area contributed by atoms with E-state index in [-0.39, 0.29) is 32.3 Å². The first-order valence-corrected chi connectivity index (χ1v) is 24.3. The standard InChI is InChI=1S/C47H86NO7P/c1-3-5-7-9-11-13-15-17-19-21-22-23-24-25-26-28-30-32-34-36-38-40-47(49)55-46(45-54-56(50,51)53-43-41-48)44-52-42-39-37-35-33-31-29-27-20-18-16-14-12-10-8-6-4-2/h12,14-15,17-18,20-22,24-25,46H,3-11,13,16,19,23,26-45,48H2,1-2H3,(H,50,51)/b14-12-,17-15-,20-18-,22-21-,25-24-. The van der Waals surface area contributed by atoms with Crippen LogP contribution in [-0.4, -0.2) is 49.9 Å². The van der Waals surface area contributed by atoms with E-state index in [9.17, 15) is 14.3 Å². The molecule has 3 N–H and O–H groups in total. The van der Waals surface area contributed by atoms with Crippen LogP contribution < -0.4 is 5.73 Å². The van der Waals surface area contributed by atoms with E-state index in [4.69, 9.17) is 24.3 Å². The Hall–Kier alpha value is -1.80. The van der Waals surface area contributed by atoms with Crippen LogP contribution in [0, 0.1) is 0 Å².